The van der Waals surface area contributed by atoms with Crippen LogP contribution in [0, 0.1) is 0 Å². The number of aliphatic hydroxyl groups is 5. The predicted octanol–water partition coefficient (Wildman–Crippen LogP) is -3.78. The third-order valence-electron chi connectivity index (χ3n) is 2.20. The van der Waals surface area contributed by atoms with Crippen LogP contribution in [-0.2, 0) is 13.8 Å². The molecule has 0 aromatic carbocycles. The molecule has 0 aromatic heterocycles. The van der Waals surface area contributed by atoms with E-state index < -0.39 is 44.8 Å². The number of phosphoric ester groups is 1. The van der Waals surface area contributed by atoms with Gasteiger partial charge in [0.1, 0.15) is 18.3 Å². The highest BCUT2D eigenvalue weighted by Crippen LogP contribution is 2.41. The first-order valence-corrected chi connectivity index (χ1v) is 5.93. The van der Waals surface area contributed by atoms with Crippen LogP contribution in [0.1, 0.15) is 0 Å². The first-order valence-electron chi connectivity index (χ1n) is 4.40. The lowest BCUT2D eigenvalue weighted by Crippen LogP contribution is -2.66. The number of ether oxygens (including phenoxy) is 1. The lowest BCUT2D eigenvalue weighted by molar-refractivity contribution is -0.385. The van der Waals surface area contributed by atoms with E-state index in [4.69, 9.17) is 14.9 Å². The summed E-state index contributed by atoms with van der Waals surface area (Å²) in [5.41, 5.74) is 0. The molecule has 0 aliphatic carbocycles. The molecule has 10 nitrogen and oxygen atoms in total. The fourth-order valence-corrected chi connectivity index (χ4v) is 1.74. The highest BCUT2D eigenvalue weighted by atomic mass is 31.2. The zero-order chi connectivity index (χ0) is 13.4. The van der Waals surface area contributed by atoms with E-state index in [1.807, 2.05) is 0 Å². The van der Waals surface area contributed by atoms with Crippen LogP contribution in [0.15, 0.2) is 0 Å². The minimum atomic E-state index is -5.06. The van der Waals surface area contributed by atoms with Crippen molar-refractivity contribution in [2.24, 2.45) is 0 Å². The highest BCUT2D eigenvalue weighted by Gasteiger charge is 2.54. The Morgan fingerprint density at radius 3 is 2.18 bits per heavy atom. The van der Waals surface area contributed by atoms with Crippen LogP contribution in [-0.4, -0.2) is 72.3 Å². The molecule has 1 fully saturated rings. The van der Waals surface area contributed by atoms with Gasteiger partial charge in [-0.05, 0) is 0 Å². The normalized spacial score (nSPS) is 43.7. The Balaban J connectivity index is 2.90. The average Bonchev–Trinajstić information content (AvgIpc) is 2.21. The van der Waals surface area contributed by atoms with Crippen LogP contribution in [0.4, 0.5) is 0 Å². The van der Waals surface area contributed by atoms with Gasteiger partial charge in [0.25, 0.3) is 0 Å². The van der Waals surface area contributed by atoms with Gasteiger partial charge in [0.2, 0.25) is 12.1 Å². The van der Waals surface area contributed by atoms with Crippen molar-refractivity contribution in [1.82, 2.24) is 0 Å². The van der Waals surface area contributed by atoms with Gasteiger partial charge in [0.05, 0.1) is 6.61 Å². The molecule has 0 aromatic rings. The number of rotatable bonds is 3. The lowest BCUT2D eigenvalue weighted by Gasteiger charge is -2.44. The molecule has 0 amide bonds. The highest BCUT2D eigenvalue weighted by molar-refractivity contribution is 7.46. The van der Waals surface area contributed by atoms with E-state index in [-0.39, 0.29) is 0 Å². The fraction of sp³-hybridized carbons (Fsp3) is 1.00. The van der Waals surface area contributed by atoms with Gasteiger partial charge in [0, 0.05) is 0 Å². The van der Waals surface area contributed by atoms with E-state index in [0.717, 1.165) is 0 Å². The molecular formula is C6H13O10P. The quantitative estimate of drug-likeness (QED) is 0.253. The third-order valence-corrected chi connectivity index (χ3v) is 2.68. The number of aliphatic hydroxyl groups excluding tert-OH is 4. The molecule has 1 saturated heterocycles. The Morgan fingerprint density at radius 1 is 1.24 bits per heavy atom. The van der Waals surface area contributed by atoms with Gasteiger partial charge in [-0.1, -0.05) is 0 Å². The second kappa shape index (κ2) is 4.86. The molecule has 0 spiro atoms. The Labute approximate surface area is 94.9 Å². The Morgan fingerprint density at radius 2 is 1.76 bits per heavy atom. The summed E-state index contributed by atoms with van der Waals surface area (Å²) in [7, 11) is -5.06. The van der Waals surface area contributed by atoms with Crippen LogP contribution in [0.3, 0.4) is 0 Å². The molecule has 1 aliphatic heterocycles. The summed E-state index contributed by atoms with van der Waals surface area (Å²) < 4.78 is 18.9. The van der Waals surface area contributed by atoms with Crippen LogP contribution in [0.5, 0.6) is 0 Å². The molecule has 1 rings (SSSR count). The van der Waals surface area contributed by atoms with Crippen molar-refractivity contribution in [2.45, 2.75) is 30.4 Å². The molecule has 0 bridgehead atoms. The first kappa shape index (κ1) is 14.9. The van der Waals surface area contributed by atoms with Crippen molar-refractivity contribution < 1.29 is 49.1 Å². The van der Waals surface area contributed by atoms with Gasteiger partial charge < -0.3 is 40.1 Å². The Bertz CT molecular complexity index is 316. The molecule has 0 saturated carbocycles. The van der Waals surface area contributed by atoms with Crippen molar-refractivity contribution in [3.8, 4) is 0 Å². The fourth-order valence-electron chi connectivity index (χ4n) is 1.31. The lowest BCUT2D eigenvalue weighted by atomic mass is 9.96. The van der Waals surface area contributed by atoms with Gasteiger partial charge in [-0.2, -0.15) is 0 Å². The number of hydrogen-bond acceptors (Lipinski definition) is 8. The van der Waals surface area contributed by atoms with Crippen LogP contribution in [0.25, 0.3) is 0 Å². The van der Waals surface area contributed by atoms with E-state index >= 15 is 0 Å². The summed E-state index contributed by atoms with van der Waals surface area (Å²) >= 11 is 0. The molecule has 5 atom stereocenters. The minimum absolute atomic E-state index is 1.18. The molecule has 0 radical (unpaired) electrons. The van der Waals surface area contributed by atoms with Gasteiger partial charge >= 0.3 is 7.82 Å². The van der Waals surface area contributed by atoms with Crippen molar-refractivity contribution in [2.75, 3.05) is 6.61 Å². The molecule has 17 heavy (non-hydrogen) atoms. The second-order valence-corrected chi connectivity index (χ2v) is 4.70. The zero-order valence-corrected chi connectivity index (χ0v) is 9.21. The summed E-state index contributed by atoms with van der Waals surface area (Å²) in [6, 6.07) is 0. The molecule has 102 valence electrons. The largest absolute Gasteiger partial charge is 0.472 e. The summed E-state index contributed by atoms with van der Waals surface area (Å²) in [6.45, 7) is -1.18. The molecule has 7 N–H and O–H groups in total. The maximum atomic E-state index is 10.5. The van der Waals surface area contributed by atoms with Crippen molar-refractivity contribution in [1.29, 1.82) is 0 Å². The maximum Gasteiger partial charge on any atom is 0.472 e. The minimum Gasteiger partial charge on any atom is -0.391 e. The molecule has 1 aliphatic rings. The zero-order valence-electron chi connectivity index (χ0n) is 8.32. The average molecular weight is 276 g/mol. The van der Waals surface area contributed by atoms with Gasteiger partial charge in [0.15, 0.2) is 0 Å². The number of phosphoric acid groups is 1. The SMILES string of the molecule is O=P(O)(O)OC1O[C@@](O)(CO)[C@@H](O)[C@H](O)[C@@H]1O. The predicted molar refractivity (Wildman–Crippen MR) is 48.1 cm³/mol. The first-order chi connectivity index (χ1) is 7.60. The summed E-state index contributed by atoms with van der Waals surface area (Å²) in [5, 5.41) is 46.1. The monoisotopic (exact) mass is 276 g/mol. The van der Waals surface area contributed by atoms with E-state index in [1.165, 1.54) is 0 Å². The molecule has 1 unspecified atom stereocenters. The molecular weight excluding hydrogens is 263 g/mol. The van der Waals surface area contributed by atoms with Crippen molar-refractivity contribution >= 4 is 7.82 Å². The van der Waals surface area contributed by atoms with Crippen LogP contribution >= 0.6 is 7.82 Å². The van der Waals surface area contributed by atoms with Crippen LogP contribution < -0.4 is 0 Å². The molecule has 11 heteroatoms. The summed E-state index contributed by atoms with van der Waals surface area (Å²) in [6.07, 6.45) is -8.20. The summed E-state index contributed by atoms with van der Waals surface area (Å²) in [4.78, 5) is 17.0. The van der Waals surface area contributed by atoms with E-state index in [9.17, 15) is 25.0 Å². The van der Waals surface area contributed by atoms with E-state index in [1.54, 1.807) is 0 Å². The topological polar surface area (TPSA) is 177 Å². The Kier molecular flexibility index (Phi) is 4.27. The standard InChI is InChI=1S/C6H13O10P/c7-1-6(11)4(10)2(8)3(9)5(15-6)16-17(12,13)14/h2-5,7-11H,1H2,(H2,12,13,14)/t2-,3+,4+,5?,6+/m1/s1. The molecule has 1 heterocycles. The van der Waals surface area contributed by atoms with E-state index in [2.05, 4.69) is 9.26 Å². The Hall–Kier alpha value is -0.130. The van der Waals surface area contributed by atoms with E-state index in [0.29, 0.717) is 0 Å². The van der Waals surface area contributed by atoms with Gasteiger partial charge in [-0.3, -0.25) is 4.52 Å². The van der Waals surface area contributed by atoms with Gasteiger partial charge in [-0.25, -0.2) is 4.57 Å². The van der Waals surface area contributed by atoms with Crippen LogP contribution in [0.2, 0.25) is 0 Å². The smallest absolute Gasteiger partial charge is 0.391 e. The van der Waals surface area contributed by atoms with Gasteiger partial charge in [-0.15, -0.1) is 0 Å². The third kappa shape index (κ3) is 3.20. The second-order valence-electron chi connectivity index (χ2n) is 3.51. The maximum absolute atomic E-state index is 10.5. The van der Waals surface area contributed by atoms with Crippen molar-refractivity contribution in [3.05, 3.63) is 0 Å². The van der Waals surface area contributed by atoms with Crippen molar-refractivity contribution in [3.63, 3.8) is 0 Å². The number of hydrogen-bond donors (Lipinski definition) is 7. The summed E-state index contributed by atoms with van der Waals surface area (Å²) in [5.74, 6) is -2.70.